The molecular weight excluding hydrogens is 379 g/mol. The van der Waals surface area contributed by atoms with E-state index in [0.29, 0.717) is 36.9 Å². The van der Waals surface area contributed by atoms with Crippen molar-refractivity contribution in [3.8, 4) is 11.4 Å². The fourth-order valence-electron chi connectivity index (χ4n) is 2.01. The number of carbonyl (C=O) groups is 1. The van der Waals surface area contributed by atoms with Crippen LogP contribution in [0.15, 0.2) is 34.8 Å². The van der Waals surface area contributed by atoms with Gasteiger partial charge < -0.3 is 10.1 Å². The van der Waals surface area contributed by atoms with Crippen molar-refractivity contribution >= 4 is 56.1 Å². The van der Waals surface area contributed by atoms with Gasteiger partial charge in [0.25, 0.3) is 0 Å². The highest BCUT2D eigenvalue weighted by Crippen LogP contribution is 2.32. The molecule has 0 radical (unpaired) electrons. The van der Waals surface area contributed by atoms with Crippen LogP contribution in [-0.2, 0) is 0 Å². The van der Waals surface area contributed by atoms with Crippen molar-refractivity contribution in [3.63, 3.8) is 0 Å². The van der Waals surface area contributed by atoms with Crippen LogP contribution < -0.4 is 0 Å². The molecule has 106 valence electrons. The maximum Gasteiger partial charge on any atom is 0.335 e. The molecule has 2 N–H and O–H groups in total. The normalized spacial score (nSPS) is 11.0. The number of H-pyrrole nitrogens is 1. The zero-order chi connectivity index (χ0) is 15.1. The standard InChI is InChI=1S/C14H7BrCl2N2O2/c15-9-3-6(14(20)21)4-11-12(9)19-13(18-11)8-2-1-7(16)5-10(8)17/h1-5H,(H,18,19)(H,20,21). The Hall–Kier alpha value is -1.56. The van der Waals surface area contributed by atoms with E-state index in [4.69, 9.17) is 28.3 Å². The summed E-state index contributed by atoms with van der Waals surface area (Å²) in [6.45, 7) is 0. The number of carboxylic acid groups (broad SMARTS) is 1. The molecule has 1 aromatic heterocycles. The van der Waals surface area contributed by atoms with Crippen molar-refractivity contribution in [1.82, 2.24) is 9.97 Å². The molecule has 0 fully saturated rings. The number of aromatic carboxylic acids is 1. The van der Waals surface area contributed by atoms with E-state index < -0.39 is 5.97 Å². The van der Waals surface area contributed by atoms with Gasteiger partial charge in [-0.25, -0.2) is 9.78 Å². The smallest absolute Gasteiger partial charge is 0.335 e. The molecule has 0 saturated carbocycles. The first-order valence-electron chi connectivity index (χ1n) is 5.83. The number of fused-ring (bicyclic) bond motifs is 1. The molecule has 4 nitrogen and oxygen atoms in total. The Morgan fingerprint density at radius 1 is 1.24 bits per heavy atom. The Labute approximate surface area is 137 Å². The average molecular weight is 386 g/mol. The molecular formula is C14H7BrCl2N2O2. The monoisotopic (exact) mass is 384 g/mol. The zero-order valence-electron chi connectivity index (χ0n) is 10.3. The molecule has 0 spiro atoms. The van der Waals surface area contributed by atoms with E-state index >= 15 is 0 Å². The zero-order valence-corrected chi connectivity index (χ0v) is 13.4. The summed E-state index contributed by atoms with van der Waals surface area (Å²) in [4.78, 5) is 18.6. The van der Waals surface area contributed by atoms with Gasteiger partial charge in [-0.2, -0.15) is 0 Å². The maximum atomic E-state index is 11.1. The van der Waals surface area contributed by atoms with Crippen LogP contribution >= 0.6 is 39.1 Å². The Bertz CT molecular complexity index is 877. The lowest BCUT2D eigenvalue weighted by Crippen LogP contribution is -1.95. The maximum absolute atomic E-state index is 11.1. The van der Waals surface area contributed by atoms with Gasteiger partial charge in [-0.3, -0.25) is 0 Å². The number of carboxylic acids is 1. The van der Waals surface area contributed by atoms with E-state index in [1.54, 1.807) is 18.2 Å². The summed E-state index contributed by atoms with van der Waals surface area (Å²) >= 11 is 15.4. The fraction of sp³-hybridized carbons (Fsp3) is 0. The number of aromatic amines is 1. The largest absolute Gasteiger partial charge is 0.478 e. The SMILES string of the molecule is O=C(O)c1cc(Br)c2nc(-c3ccc(Cl)cc3Cl)[nH]c2c1. The van der Waals surface area contributed by atoms with Gasteiger partial charge in [0, 0.05) is 15.1 Å². The molecule has 0 aliphatic heterocycles. The highest BCUT2D eigenvalue weighted by molar-refractivity contribution is 9.10. The lowest BCUT2D eigenvalue weighted by molar-refractivity contribution is 0.0697. The first-order chi connectivity index (χ1) is 9.95. The van der Waals surface area contributed by atoms with Crippen LogP contribution in [0.2, 0.25) is 10.0 Å². The number of rotatable bonds is 2. The second-order valence-corrected chi connectivity index (χ2v) is 6.07. The van der Waals surface area contributed by atoms with Gasteiger partial charge in [0.15, 0.2) is 0 Å². The van der Waals surface area contributed by atoms with Crippen molar-refractivity contribution in [2.75, 3.05) is 0 Å². The molecule has 21 heavy (non-hydrogen) atoms. The summed E-state index contributed by atoms with van der Waals surface area (Å²) in [5, 5.41) is 10.1. The second kappa shape index (κ2) is 5.33. The van der Waals surface area contributed by atoms with Crippen molar-refractivity contribution in [2.24, 2.45) is 0 Å². The molecule has 7 heteroatoms. The molecule has 0 aliphatic carbocycles. The van der Waals surface area contributed by atoms with E-state index in [2.05, 4.69) is 25.9 Å². The molecule has 0 unspecified atom stereocenters. The van der Waals surface area contributed by atoms with E-state index in [9.17, 15) is 4.79 Å². The summed E-state index contributed by atoms with van der Waals surface area (Å²) < 4.78 is 0.602. The van der Waals surface area contributed by atoms with Crippen LogP contribution in [0.25, 0.3) is 22.4 Å². The van der Waals surface area contributed by atoms with Crippen molar-refractivity contribution < 1.29 is 9.90 Å². The minimum absolute atomic E-state index is 0.173. The molecule has 0 aliphatic rings. The van der Waals surface area contributed by atoms with Crippen molar-refractivity contribution in [2.45, 2.75) is 0 Å². The van der Waals surface area contributed by atoms with Gasteiger partial charge in [-0.05, 0) is 46.3 Å². The van der Waals surface area contributed by atoms with Gasteiger partial charge in [-0.1, -0.05) is 23.2 Å². The molecule has 3 aromatic rings. The number of hydrogen-bond donors (Lipinski definition) is 2. The van der Waals surface area contributed by atoms with E-state index in [0.717, 1.165) is 0 Å². The summed E-state index contributed by atoms with van der Waals surface area (Å²) in [5.74, 6) is -0.451. The fourth-order valence-corrected chi connectivity index (χ4v) is 3.05. The van der Waals surface area contributed by atoms with Gasteiger partial charge in [0.1, 0.15) is 11.3 Å². The number of aromatic nitrogens is 2. The number of imidazole rings is 1. The summed E-state index contributed by atoms with van der Waals surface area (Å²) in [7, 11) is 0. The number of benzene rings is 2. The van der Waals surface area contributed by atoms with E-state index in [1.807, 2.05) is 0 Å². The third-order valence-electron chi connectivity index (χ3n) is 2.97. The Morgan fingerprint density at radius 2 is 2.00 bits per heavy atom. The van der Waals surface area contributed by atoms with Gasteiger partial charge in [0.05, 0.1) is 16.1 Å². The van der Waals surface area contributed by atoms with Crippen LogP contribution in [-0.4, -0.2) is 21.0 Å². The summed E-state index contributed by atoms with van der Waals surface area (Å²) in [5.41, 5.74) is 2.12. The Balaban J connectivity index is 2.21. The van der Waals surface area contributed by atoms with Crippen LogP contribution in [0.4, 0.5) is 0 Å². The predicted molar refractivity (Wildman–Crippen MR) is 86.2 cm³/mol. The summed E-state index contributed by atoms with van der Waals surface area (Å²) in [6.07, 6.45) is 0. The Morgan fingerprint density at radius 3 is 2.67 bits per heavy atom. The highest BCUT2D eigenvalue weighted by Gasteiger charge is 2.14. The predicted octanol–water partition coefficient (Wildman–Crippen LogP) is 5.00. The lowest BCUT2D eigenvalue weighted by Gasteiger charge is -2.00. The van der Waals surface area contributed by atoms with Crippen molar-refractivity contribution in [1.29, 1.82) is 0 Å². The second-order valence-electron chi connectivity index (χ2n) is 4.37. The minimum atomic E-state index is -1.00. The molecule has 2 aromatic carbocycles. The van der Waals surface area contributed by atoms with E-state index in [1.165, 1.54) is 12.1 Å². The van der Waals surface area contributed by atoms with E-state index in [-0.39, 0.29) is 5.56 Å². The third kappa shape index (κ3) is 2.64. The minimum Gasteiger partial charge on any atom is -0.478 e. The van der Waals surface area contributed by atoms with Crippen LogP contribution in [0.3, 0.4) is 0 Å². The summed E-state index contributed by atoms with van der Waals surface area (Å²) in [6, 6.07) is 8.15. The number of halogens is 3. The van der Waals surface area contributed by atoms with Gasteiger partial charge >= 0.3 is 5.97 Å². The first-order valence-corrected chi connectivity index (χ1v) is 7.38. The number of hydrogen-bond acceptors (Lipinski definition) is 2. The molecule has 0 bridgehead atoms. The van der Waals surface area contributed by atoms with Crippen LogP contribution in [0.1, 0.15) is 10.4 Å². The molecule has 0 atom stereocenters. The van der Waals surface area contributed by atoms with Crippen molar-refractivity contribution in [3.05, 3.63) is 50.4 Å². The molecule has 0 amide bonds. The number of nitrogens with one attached hydrogen (secondary N) is 1. The Kier molecular flexibility index (Phi) is 3.65. The van der Waals surface area contributed by atoms with Gasteiger partial charge in [0.2, 0.25) is 0 Å². The molecule has 1 heterocycles. The van der Waals surface area contributed by atoms with Gasteiger partial charge in [-0.15, -0.1) is 0 Å². The quantitative estimate of drug-likeness (QED) is 0.652. The molecule has 0 saturated heterocycles. The topological polar surface area (TPSA) is 66.0 Å². The van der Waals surface area contributed by atoms with Crippen LogP contribution in [0, 0.1) is 0 Å². The first kappa shape index (κ1) is 14.4. The highest BCUT2D eigenvalue weighted by atomic mass is 79.9. The number of nitrogens with zero attached hydrogens (tertiary/aromatic N) is 1. The average Bonchev–Trinajstić information content (AvgIpc) is 2.82. The third-order valence-corrected chi connectivity index (χ3v) is 4.13. The van der Waals surface area contributed by atoms with Crippen LogP contribution in [0.5, 0.6) is 0 Å². The molecule has 3 rings (SSSR count). The lowest BCUT2D eigenvalue weighted by atomic mass is 10.2.